The van der Waals surface area contributed by atoms with E-state index in [4.69, 9.17) is 4.74 Å². The van der Waals surface area contributed by atoms with Crippen LogP contribution in [0, 0.1) is 0 Å². The third kappa shape index (κ3) is 3.15. The SMILES string of the molecule is O=Cc1ccccc1C1=CC2CCC(C1)N2C(=O)OCc1ccccc1. The Labute approximate surface area is 153 Å². The Morgan fingerprint density at radius 3 is 2.62 bits per heavy atom. The van der Waals surface area contributed by atoms with E-state index in [-0.39, 0.29) is 18.2 Å². The third-order valence-corrected chi connectivity index (χ3v) is 5.25. The maximum absolute atomic E-state index is 12.6. The molecular weight excluding hydrogens is 326 g/mol. The molecule has 2 aliphatic heterocycles. The van der Waals surface area contributed by atoms with Crippen molar-refractivity contribution in [1.82, 2.24) is 4.90 Å². The van der Waals surface area contributed by atoms with Crippen molar-refractivity contribution in [3.63, 3.8) is 0 Å². The monoisotopic (exact) mass is 347 g/mol. The molecule has 2 aromatic rings. The fraction of sp³-hybridized carbons (Fsp3) is 0.273. The van der Waals surface area contributed by atoms with Crippen LogP contribution in [0.2, 0.25) is 0 Å². The smallest absolute Gasteiger partial charge is 0.410 e. The highest BCUT2D eigenvalue weighted by molar-refractivity contribution is 5.86. The lowest BCUT2D eigenvalue weighted by molar-refractivity contribution is 0.0832. The lowest BCUT2D eigenvalue weighted by Gasteiger charge is -2.33. The first-order valence-electron chi connectivity index (χ1n) is 9.00. The van der Waals surface area contributed by atoms with Crippen LogP contribution in [0.15, 0.2) is 60.7 Å². The Balaban J connectivity index is 1.50. The predicted octanol–water partition coefficient (Wildman–Crippen LogP) is 4.46. The summed E-state index contributed by atoms with van der Waals surface area (Å²) in [4.78, 5) is 25.8. The highest BCUT2D eigenvalue weighted by atomic mass is 16.6. The number of ether oxygens (including phenoxy) is 1. The molecule has 4 heteroatoms. The molecule has 0 saturated carbocycles. The zero-order chi connectivity index (χ0) is 17.9. The molecule has 0 aliphatic carbocycles. The van der Waals surface area contributed by atoms with Gasteiger partial charge < -0.3 is 4.74 Å². The van der Waals surface area contributed by atoms with Crippen molar-refractivity contribution in [2.45, 2.75) is 38.0 Å². The Hall–Kier alpha value is -2.88. The number of nitrogens with zero attached hydrogens (tertiary/aromatic N) is 1. The number of benzene rings is 2. The summed E-state index contributed by atoms with van der Waals surface area (Å²) in [6.45, 7) is 0.292. The van der Waals surface area contributed by atoms with Gasteiger partial charge in [-0.25, -0.2) is 4.79 Å². The van der Waals surface area contributed by atoms with E-state index in [9.17, 15) is 9.59 Å². The topological polar surface area (TPSA) is 46.6 Å². The molecule has 2 heterocycles. The van der Waals surface area contributed by atoms with Crippen LogP contribution in [0.25, 0.3) is 5.57 Å². The summed E-state index contributed by atoms with van der Waals surface area (Å²) < 4.78 is 5.54. The van der Waals surface area contributed by atoms with Crippen molar-refractivity contribution in [3.8, 4) is 0 Å². The molecule has 2 aromatic carbocycles. The molecule has 2 aliphatic rings. The molecule has 2 bridgehead atoms. The van der Waals surface area contributed by atoms with E-state index in [2.05, 4.69) is 6.08 Å². The second-order valence-corrected chi connectivity index (χ2v) is 6.85. The van der Waals surface area contributed by atoms with E-state index in [1.165, 1.54) is 0 Å². The van der Waals surface area contributed by atoms with Crippen molar-refractivity contribution in [3.05, 3.63) is 77.4 Å². The number of carbonyl (C=O) groups excluding carboxylic acids is 2. The molecule has 0 aromatic heterocycles. The van der Waals surface area contributed by atoms with Crippen LogP contribution in [0.1, 0.15) is 40.7 Å². The number of carbonyl (C=O) groups is 2. The minimum absolute atomic E-state index is 0.0479. The Kier molecular flexibility index (Phi) is 4.57. The zero-order valence-electron chi connectivity index (χ0n) is 14.5. The van der Waals surface area contributed by atoms with Gasteiger partial charge in [0.25, 0.3) is 0 Å². The van der Waals surface area contributed by atoms with Crippen molar-refractivity contribution in [1.29, 1.82) is 0 Å². The molecule has 1 amide bonds. The fourth-order valence-corrected chi connectivity index (χ4v) is 4.00. The number of fused-ring (bicyclic) bond motifs is 2. The standard InChI is InChI=1S/C22H21NO3/c24-14-17-8-4-5-9-21(17)18-12-19-10-11-20(13-18)23(19)22(25)26-15-16-6-2-1-3-7-16/h1-9,12,14,19-20H,10-11,13,15H2. The quantitative estimate of drug-likeness (QED) is 0.767. The van der Waals surface area contributed by atoms with Gasteiger partial charge in [-0.1, -0.05) is 60.7 Å². The molecule has 1 fully saturated rings. The summed E-state index contributed by atoms with van der Waals surface area (Å²) in [6, 6.07) is 17.6. The molecule has 2 unspecified atom stereocenters. The van der Waals surface area contributed by atoms with Gasteiger partial charge in [0.2, 0.25) is 0 Å². The fourth-order valence-electron chi connectivity index (χ4n) is 4.00. The van der Waals surface area contributed by atoms with Crippen LogP contribution < -0.4 is 0 Å². The lowest BCUT2D eigenvalue weighted by atomic mass is 9.92. The summed E-state index contributed by atoms with van der Waals surface area (Å²) in [6.07, 6.45) is 5.46. The molecule has 26 heavy (non-hydrogen) atoms. The molecule has 0 spiro atoms. The molecule has 2 atom stereocenters. The first-order chi connectivity index (χ1) is 12.8. The van der Waals surface area contributed by atoms with Crippen molar-refractivity contribution in [2.24, 2.45) is 0 Å². The summed E-state index contributed by atoms with van der Waals surface area (Å²) in [5, 5.41) is 0. The van der Waals surface area contributed by atoms with E-state index in [0.717, 1.165) is 42.2 Å². The van der Waals surface area contributed by atoms with E-state index in [1.807, 2.05) is 59.5 Å². The second kappa shape index (κ2) is 7.16. The average molecular weight is 347 g/mol. The first kappa shape index (κ1) is 16.6. The maximum Gasteiger partial charge on any atom is 0.410 e. The van der Waals surface area contributed by atoms with Crippen LogP contribution >= 0.6 is 0 Å². The lowest BCUT2D eigenvalue weighted by Crippen LogP contribution is -2.43. The number of amides is 1. The molecule has 0 N–H and O–H groups in total. The summed E-state index contributed by atoms with van der Waals surface area (Å²) >= 11 is 0. The molecule has 132 valence electrons. The van der Waals surface area contributed by atoms with Crippen molar-refractivity contribution in [2.75, 3.05) is 0 Å². The van der Waals surface area contributed by atoms with Crippen molar-refractivity contribution >= 4 is 18.0 Å². The summed E-state index contributed by atoms with van der Waals surface area (Å²) in [7, 11) is 0. The van der Waals surface area contributed by atoms with Gasteiger partial charge in [0.15, 0.2) is 6.29 Å². The van der Waals surface area contributed by atoms with Crippen LogP contribution in [0.3, 0.4) is 0 Å². The Morgan fingerprint density at radius 1 is 1.08 bits per heavy atom. The van der Waals surface area contributed by atoms with Gasteiger partial charge >= 0.3 is 6.09 Å². The second-order valence-electron chi connectivity index (χ2n) is 6.85. The van der Waals surface area contributed by atoms with Gasteiger partial charge in [0, 0.05) is 11.6 Å². The summed E-state index contributed by atoms with van der Waals surface area (Å²) in [5.41, 5.74) is 3.84. The third-order valence-electron chi connectivity index (χ3n) is 5.25. The predicted molar refractivity (Wildman–Crippen MR) is 99.7 cm³/mol. The largest absolute Gasteiger partial charge is 0.445 e. The summed E-state index contributed by atoms with van der Waals surface area (Å²) in [5.74, 6) is 0. The molecule has 4 nitrogen and oxygen atoms in total. The Morgan fingerprint density at radius 2 is 1.85 bits per heavy atom. The van der Waals surface area contributed by atoms with Gasteiger partial charge in [0.05, 0.1) is 6.04 Å². The van der Waals surface area contributed by atoms with Gasteiger partial charge in [-0.05, 0) is 36.0 Å². The van der Waals surface area contributed by atoms with Crippen LogP contribution in [-0.2, 0) is 11.3 Å². The van der Waals surface area contributed by atoms with Gasteiger partial charge in [0.1, 0.15) is 6.61 Å². The van der Waals surface area contributed by atoms with E-state index in [0.29, 0.717) is 12.2 Å². The maximum atomic E-state index is 12.6. The molecule has 1 saturated heterocycles. The first-order valence-corrected chi connectivity index (χ1v) is 9.00. The van der Waals surface area contributed by atoms with E-state index >= 15 is 0 Å². The highest BCUT2D eigenvalue weighted by Crippen LogP contribution is 2.39. The number of aldehydes is 1. The van der Waals surface area contributed by atoms with Crippen molar-refractivity contribution < 1.29 is 14.3 Å². The van der Waals surface area contributed by atoms with Crippen LogP contribution in [-0.4, -0.2) is 29.4 Å². The van der Waals surface area contributed by atoms with Gasteiger partial charge in [-0.3, -0.25) is 9.69 Å². The minimum atomic E-state index is -0.250. The van der Waals surface area contributed by atoms with E-state index < -0.39 is 0 Å². The normalized spacial score (nSPS) is 21.2. The molecular formula is C22H21NO3. The number of rotatable bonds is 4. The molecule has 4 rings (SSSR count). The molecule has 0 radical (unpaired) electrons. The van der Waals surface area contributed by atoms with Crippen LogP contribution in [0.5, 0.6) is 0 Å². The van der Waals surface area contributed by atoms with Crippen LogP contribution in [0.4, 0.5) is 4.79 Å². The van der Waals surface area contributed by atoms with Gasteiger partial charge in [-0.2, -0.15) is 0 Å². The number of hydrogen-bond donors (Lipinski definition) is 0. The highest BCUT2D eigenvalue weighted by Gasteiger charge is 2.40. The van der Waals surface area contributed by atoms with E-state index in [1.54, 1.807) is 0 Å². The minimum Gasteiger partial charge on any atom is -0.445 e. The Bertz CT molecular complexity index is 843. The average Bonchev–Trinajstić information content (AvgIpc) is 2.96. The zero-order valence-corrected chi connectivity index (χ0v) is 14.5. The van der Waals surface area contributed by atoms with Gasteiger partial charge in [-0.15, -0.1) is 0 Å². The number of hydrogen-bond acceptors (Lipinski definition) is 3.